The Balaban J connectivity index is 1.73. The van der Waals surface area contributed by atoms with Gasteiger partial charge < -0.3 is 14.8 Å². The van der Waals surface area contributed by atoms with Crippen molar-refractivity contribution in [1.82, 2.24) is 5.32 Å². The van der Waals surface area contributed by atoms with Gasteiger partial charge in [0.05, 0.1) is 23.1 Å². The van der Waals surface area contributed by atoms with Crippen LogP contribution in [0.25, 0.3) is 0 Å². The van der Waals surface area contributed by atoms with Gasteiger partial charge in [0.25, 0.3) is 0 Å². The zero-order valence-electron chi connectivity index (χ0n) is 14.5. The van der Waals surface area contributed by atoms with Crippen molar-refractivity contribution in [2.45, 2.75) is 37.5 Å². The molecule has 26 heavy (non-hydrogen) atoms. The number of fused-ring (bicyclic) bond motifs is 1. The molecule has 5 nitrogen and oxygen atoms in total. The van der Waals surface area contributed by atoms with Crippen molar-refractivity contribution < 1.29 is 14.3 Å². The number of carbonyl (C=O) groups excluding carboxylic acids is 1. The molecule has 1 aliphatic rings. The predicted octanol–water partition coefficient (Wildman–Crippen LogP) is 4.30. The molecule has 0 fully saturated rings. The first kappa shape index (κ1) is 18.1. The topological polar surface area (TPSA) is 71.3 Å². The Kier molecular flexibility index (Phi) is 5.06. The van der Waals surface area contributed by atoms with Crippen LogP contribution in [0.3, 0.4) is 0 Å². The number of hydrogen-bond donors (Lipinski definition) is 1. The minimum absolute atomic E-state index is 0.169. The van der Waals surface area contributed by atoms with Gasteiger partial charge in [-0.3, -0.25) is 0 Å². The lowest BCUT2D eigenvalue weighted by molar-refractivity contribution is 0.0409. The molecule has 0 bridgehead atoms. The molecule has 1 amide bonds. The molecule has 1 aliphatic heterocycles. The molecule has 2 unspecified atom stereocenters. The van der Waals surface area contributed by atoms with Crippen LogP contribution in [-0.2, 0) is 11.3 Å². The van der Waals surface area contributed by atoms with Gasteiger partial charge in [-0.2, -0.15) is 5.26 Å². The molecule has 1 heterocycles. The van der Waals surface area contributed by atoms with Crippen LogP contribution in [0.15, 0.2) is 48.5 Å². The molecule has 0 radical (unpaired) electrons. The van der Waals surface area contributed by atoms with Gasteiger partial charge >= 0.3 is 6.09 Å². The van der Waals surface area contributed by atoms with Crippen molar-refractivity contribution in [2.24, 2.45) is 0 Å². The summed E-state index contributed by atoms with van der Waals surface area (Å²) in [6.07, 6.45) is -0.568. The van der Waals surface area contributed by atoms with E-state index in [4.69, 9.17) is 26.3 Å². The fourth-order valence-corrected chi connectivity index (χ4v) is 3.48. The highest BCUT2D eigenvalue weighted by Gasteiger charge is 2.44. The quantitative estimate of drug-likeness (QED) is 0.817. The highest BCUT2D eigenvalue weighted by atomic mass is 35.5. The molecule has 134 valence electrons. The second-order valence-electron chi connectivity index (χ2n) is 6.66. The third-order valence-electron chi connectivity index (χ3n) is 4.34. The Morgan fingerprint density at radius 1 is 1.31 bits per heavy atom. The SMILES string of the molecule is CC1(C)Oc2ccc(C#N)cc2C(Cl)C1NC(=O)OCc1ccccc1. The Bertz CT molecular complexity index is 846. The predicted molar refractivity (Wildman–Crippen MR) is 98.0 cm³/mol. The summed E-state index contributed by atoms with van der Waals surface area (Å²) in [4.78, 5) is 12.3. The maximum Gasteiger partial charge on any atom is 0.407 e. The molecule has 3 rings (SSSR count). The summed E-state index contributed by atoms with van der Waals surface area (Å²) < 4.78 is 11.3. The summed E-state index contributed by atoms with van der Waals surface area (Å²) in [5.41, 5.74) is 1.33. The number of amides is 1. The van der Waals surface area contributed by atoms with E-state index in [2.05, 4.69) is 11.4 Å². The minimum Gasteiger partial charge on any atom is -0.485 e. The van der Waals surface area contributed by atoms with Crippen LogP contribution in [-0.4, -0.2) is 17.7 Å². The van der Waals surface area contributed by atoms with Gasteiger partial charge in [0.1, 0.15) is 18.0 Å². The number of ether oxygens (including phenoxy) is 2. The van der Waals surface area contributed by atoms with Crippen molar-refractivity contribution in [1.29, 1.82) is 5.26 Å². The van der Waals surface area contributed by atoms with Crippen molar-refractivity contribution in [3.63, 3.8) is 0 Å². The third-order valence-corrected chi connectivity index (χ3v) is 4.82. The van der Waals surface area contributed by atoms with E-state index >= 15 is 0 Å². The third kappa shape index (κ3) is 3.76. The van der Waals surface area contributed by atoms with E-state index in [-0.39, 0.29) is 6.61 Å². The molecule has 0 saturated heterocycles. The smallest absolute Gasteiger partial charge is 0.407 e. The molecule has 0 aromatic heterocycles. The van der Waals surface area contributed by atoms with E-state index in [1.54, 1.807) is 18.2 Å². The number of nitrogens with one attached hydrogen (secondary N) is 1. The van der Waals surface area contributed by atoms with E-state index in [0.717, 1.165) is 5.56 Å². The lowest BCUT2D eigenvalue weighted by Crippen LogP contribution is -2.56. The van der Waals surface area contributed by atoms with Crippen LogP contribution >= 0.6 is 11.6 Å². The molecular formula is C20H19ClN2O3. The molecule has 0 aliphatic carbocycles. The fourth-order valence-electron chi connectivity index (χ4n) is 2.94. The lowest BCUT2D eigenvalue weighted by atomic mass is 9.87. The van der Waals surface area contributed by atoms with Crippen molar-refractivity contribution in [3.8, 4) is 11.8 Å². The number of carbonyl (C=O) groups is 1. The first-order valence-corrected chi connectivity index (χ1v) is 8.69. The van der Waals surface area contributed by atoms with E-state index in [9.17, 15) is 4.79 Å². The van der Waals surface area contributed by atoms with Crippen LogP contribution in [0.1, 0.15) is 35.9 Å². The number of benzene rings is 2. The summed E-state index contributed by atoms with van der Waals surface area (Å²) in [5.74, 6) is 0.615. The summed E-state index contributed by atoms with van der Waals surface area (Å²) in [7, 11) is 0. The summed E-state index contributed by atoms with van der Waals surface area (Å²) in [6, 6.07) is 16.1. The number of hydrogen-bond acceptors (Lipinski definition) is 4. The van der Waals surface area contributed by atoms with Crippen molar-refractivity contribution >= 4 is 17.7 Å². The molecule has 0 saturated carbocycles. The number of halogens is 1. The van der Waals surface area contributed by atoms with E-state index in [1.165, 1.54) is 0 Å². The Morgan fingerprint density at radius 3 is 2.73 bits per heavy atom. The average Bonchev–Trinajstić information content (AvgIpc) is 2.64. The van der Waals surface area contributed by atoms with Crippen LogP contribution in [0.4, 0.5) is 4.79 Å². The lowest BCUT2D eigenvalue weighted by Gasteiger charge is -2.42. The number of nitriles is 1. The number of alkyl halides is 1. The second kappa shape index (κ2) is 7.27. The molecule has 6 heteroatoms. The maximum atomic E-state index is 12.3. The largest absolute Gasteiger partial charge is 0.485 e. The van der Waals surface area contributed by atoms with Gasteiger partial charge in [-0.15, -0.1) is 11.6 Å². The van der Waals surface area contributed by atoms with E-state index in [1.807, 2.05) is 44.2 Å². The summed E-state index contributed by atoms with van der Waals surface area (Å²) in [5, 5.41) is 11.4. The first-order valence-electron chi connectivity index (χ1n) is 8.25. The number of alkyl carbamates (subject to hydrolysis) is 1. The van der Waals surface area contributed by atoms with Gasteiger partial charge in [0.15, 0.2) is 0 Å². The average molecular weight is 371 g/mol. The van der Waals surface area contributed by atoms with E-state index < -0.39 is 23.1 Å². The van der Waals surface area contributed by atoms with Gasteiger partial charge in [-0.25, -0.2) is 4.79 Å². The van der Waals surface area contributed by atoms with Crippen molar-refractivity contribution in [3.05, 3.63) is 65.2 Å². The number of nitrogens with zero attached hydrogens (tertiary/aromatic N) is 1. The van der Waals surface area contributed by atoms with Gasteiger partial charge in [0, 0.05) is 5.56 Å². The summed E-state index contributed by atoms with van der Waals surface area (Å²) in [6.45, 7) is 3.88. The van der Waals surface area contributed by atoms with Gasteiger partial charge in [-0.1, -0.05) is 30.3 Å². The normalized spacial score (nSPS) is 20.2. The molecule has 2 aromatic rings. The second-order valence-corrected chi connectivity index (χ2v) is 7.13. The van der Waals surface area contributed by atoms with Crippen LogP contribution < -0.4 is 10.1 Å². The Hall–Kier alpha value is -2.71. The minimum atomic E-state index is -0.737. The van der Waals surface area contributed by atoms with Crippen molar-refractivity contribution in [2.75, 3.05) is 0 Å². The standard InChI is InChI=1S/C20H19ClN2O3/c1-20(2)18(23-19(24)25-12-13-6-4-3-5-7-13)17(21)15-10-14(11-22)8-9-16(15)26-20/h3-10,17-18H,12H2,1-2H3,(H,23,24). The zero-order valence-corrected chi connectivity index (χ0v) is 15.3. The van der Waals surface area contributed by atoms with Crippen LogP contribution in [0.5, 0.6) is 5.75 Å². The van der Waals surface area contributed by atoms with Gasteiger partial charge in [-0.05, 0) is 37.6 Å². The molecule has 0 spiro atoms. The highest BCUT2D eigenvalue weighted by Crippen LogP contribution is 2.43. The molecule has 2 atom stereocenters. The van der Waals surface area contributed by atoms with E-state index in [0.29, 0.717) is 16.9 Å². The molecule has 2 aromatic carbocycles. The fraction of sp³-hybridized carbons (Fsp3) is 0.300. The zero-order chi connectivity index (χ0) is 18.7. The Labute approximate surface area is 157 Å². The van der Waals surface area contributed by atoms with Crippen LogP contribution in [0, 0.1) is 11.3 Å². The highest BCUT2D eigenvalue weighted by molar-refractivity contribution is 6.21. The molecule has 1 N–H and O–H groups in total. The van der Waals surface area contributed by atoms with Crippen LogP contribution in [0.2, 0.25) is 0 Å². The van der Waals surface area contributed by atoms with Gasteiger partial charge in [0.2, 0.25) is 0 Å². The Morgan fingerprint density at radius 2 is 2.04 bits per heavy atom. The monoisotopic (exact) mass is 370 g/mol. The maximum absolute atomic E-state index is 12.3. The summed E-state index contributed by atoms with van der Waals surface area (Å²) >= 11 is 6.63. The number of rotatable bonds is 3. The first-order chi connectivity index (χ1) is 12.4. The molecular weight excluding hydrogens is 352 g/mol.